The minimum atomic E-state index is 0.0812. The Balaban J connectivity index is 1.77. The lowest BCUT2D eigenvalue weighted by molar-refractivity contribution is 0.216. The van der Waals surface area contributed by atoms with E-state index in [9.17, 15) is 0 Å². The molecule has 5 nitrogen and oxygen atoms in total. The van der Waals surface area contributed by atoms with Gasteiger partial charge in [0.15, 0.2) is 0 Å². The fraction of sp³-hybridized carbons (Fsp3) is 0.375. The number of nitrogens with zero attached hydrogens (tertiary/aromatic N) is 3. The van der Waals surface area contributed by atoms with Crippen LogP contribution in [0.4, 0.5) is 0 Å². The highest BCUT2D eigenvalue weighted by Crippen LogP contribution is 2.09. The second-order valence-corrected chi connectivity index (χ2v) is 5.00. The predicted molar refractivity (Wildman–Crippen MR) is 83.2 cm³/mol. The summed E-state index contributed by atoms with van der Waals surface area (Å²) in [5.74, 6) is 0.793. The van der Waals surface area contributed by atoms with Crippen LogP contribution < -0.4 is 10.1 Å². The van der Waals surface area contributed by atoms with E-state index in [2.05, 4.69) is 28.2 Å². The van der Waals surface area contributed by atoms with Crippen LogP contribution >= 0.6 is 0 Å². The molecule has 0 unspecified atom stereocenters. The summed E-state index contributed by atoms with van der Waals surface area (Å²) in [6, 6.07) is 3.78. The quantitative estimate of drug-likeness (QED) is 0.757. The molecule has 0 saturated carbocycles. The van der Waals surface area contributed by atoms with Gasteiger partial charge in [0, 0.05) is 31.0 Å². The van der Waals surface area contributed by atoms with Crippen molar-refractivity contribution in [1.29, 1.82) is 0 Å². The maximum absolute atomic E-state index is 5.77. The van der Waals surface area contributed by atoms with Crippen molar-refractivity contribution in [2.24, 2.45) is 0 Å². The Morgan fingerprint density at radius 1 is 1.52 bits per heavy atom. The number of hydrogen-bond donors (Lipinski definition) is 1. The van der Waals surface area contributed by atoms with Gasteiger partial charge in [-0.2, -0.15) is 5.10 Å². The molecule has 2 aromatic rings. The molecule has 1 N–H and O–H groups in total. The smallest absolute Gasteiger partial charge is 0.138 e. The third-order valence-corrected chi connectivity index (χ3v) is 3.08. The second kappa shape index (κ2) is 7.59. The molecular weight excluding hydrogens is 264 g/mol. The molecule has 0 amide bonds. The summed E-state index contributed by atoms with van der Waals surface area (Å²) in [5, 5.41) is 7.83. The van der Waals surface area contributed by atoms with Crippen molar-refractivity contribution in [2.75, 3.05) is 6.54 Å². The van der Waals surface area contributed by atoms with Gasteiger partial charge >= 0.3 is 0 Å². The SMILES string of the molecule is C=CCn1cc(CNC[C@H](C)Oc2cccnc2)c(C)n1. The van der Waals surface area contributed by atoms with E-state index in [0.717, 1.165) is 31.1 Å². The van der Waals surface area contributed by atoms with E-state index < -0.39 is 0 Å². The number of aryl methyl sites for hydroxylation is 1. The van der Waals surface area contributed by atoms with E-state index in [0.29, 0.717) is 0 Å². The van der Waals surface area contributed by atoms with Gasteiger partial charge in [0.1, 0.15) is 11.9 Å². The van der Waals surface area contributed by atoms with Gasteiger partial charge in [-0.1, -0.05) is 6.08 Å². The summed E-state index contributed by atoms with van der Waals surface area (Å²) in [6.45, 7) is 10.1. The van der Waals surface area contributed by atoms with E-state index in [1.807, 2.05) is 36.7 Å². The average Bonchev–Trinajstić information content (AvgIpc) is 2.80. The van der Waals surface area contributed by atoms with Crippen LogP contribution in [0.1, 0.15) is 18.2 Å². The molecule has 0 spiro atoms. The maximum Gasteiger partial charge on any atom is 0.138 e. The highest BCUT2D eigenvalue weighted by Gasteiger charge is 2.06. The highest BCUT2D eigenvalue weighted by atomic mass is 16.5. The molecule has 2 aromatic heterocycles. The fourth-order valence-corrected chi connectivity index (χ4v) is 2.06. The summed E-state index contributed by atoms with van der Waals surface area (Å²) in [6.07, 6.45) is 7.43. The highest BCUT2D eigenvalue weighted by molar-refractivity contribution is 5.16. The average molecular weight is 286 g/mol. The molecule has 0 aliphatic rings. The predicted octanol–water partition coefficient (Wildman–Crippen LogP) is 2.33. The summed E-state index contributed by atoms with van der Waals surface area (Å²) in [5.41, 5.74) is 2.25. The van der Waals surface area contributed by atoms with Crippen LogP contribution in [0, 0.1) is 6.92 Å². The molecule has 0 aliphatic carbocycles. The zero-order chi connectivity index (χ0) is 15.1. The lowest BCUT2D eigenvalue weighted by Gasteiger charge is -2.14. The molecule has 0 aromatic carbocycles. The van der Waals surface area contributed by atoms with Gasteiger partial charge in [0.05, 0.1) is 18.4 Å². The summed E-state index contributed by atoms with van der Waals surface area (Å²) < 4.78 is 7.66. The van der Waals surface area contributed by atoms with Gasteiger partial charge in [-0.3, -0.25) is 9.67 Å². The number of allylic oxidation sites excluding steroid dienone is 1. The first-order chi connectivity index (χ1) is 10.2. The van der Waals surface area contributed by atoms with Gasteiger partial charge in [0.25, 0.3) is 0 Å². The van der Waals surface area contributed by atoms with Crippen LogP contribution in [0.3, 0.4) is 0 Å². The first-order valence-electron chi connectivity index (χ1n) is 7.10. The van der Waals surface area contributed by atoms with Crippen LogP contribution in [0.5, 0.6) is 5.75 Å². The van der Waals surface area contributed by atoms with Gasteiger partial charge < -0.3 is 10.1 Å². The Kier molecular flexibility index (Phi) is 5.51. The van der Waals surface area contributed by atoms with Gasteiger partial charge in [-0.25, -0.2) is 0 Å². The number of aromatic nitrogens is 3. The van der Waals surface area contributed by atoms with Crippen molar-refractivity contribution >= 4 is 0 Å². The van der Waals surface area contributed by atoms with E-state index in [4.69, 9.17) is 4.74 Å². The number of nitrogens with one attached hydrogen (secondary N) is 1. The Hall–Kier alpha value is -2.14. The normalized spacial score (nSPS) is 12.1. The molecule has 21 heavy (non-hydrogen) atoms. The van der Waals surface area contributed by atoms with Gasteiger partial charge in [-0.05, 0) is 26.0 Å². The molecule has 0 saturated heterocycles. The summed E-state index contributed by atoms with van der Waals surface area (Å²) >= 11 is 0. The number of rotatable bonds is 8. The topological polar surface area (TPSA) is 52.0 Å². The van der Waals surface area contributed by atoms with Gasteiger partial charge in [0.2, 0.25) is 0 Å². The minimum Gasteiger partial charge on any atom is -0.488 e. The van der Waals surface area contributed by atoms with Crippen LogP contribution in [-0.2, 0) is 13.1 Å². The lowest BCUT2D eigenvalue weighted by Crippen LogP contribution is -2.28. The third-order valence-electron chi connectivity index (χ3n) is 3.08. The molecule has 2 rings (SSSR count). The lowest BCUT2D eigenvalue weighted by atomic mass is 10.2. The van der Waals surface area contributed by atoms with Crippen molar-refractivity contribution in [3.63, 3.8) is 0 Å². The van der Waals surface area contributed by atoms with Crippen molar-refractivity contribution in [3.05, 3.63) is 54.6 Å². The minimum absolute atomic E-state index is 0.0812. The van der Waals surface area contributed by atoms with E-state index in [1.165, 1.54) is 5.56 Å². The fourth-order valence-electron chi connectivity index (χ4n) is 2.06. The first kappa shape index (κ1) is 15.3. The van der Waals surface area contributed by atoms with Crippen molar-refractivity contribution in [1.82, 2.24) is 20.1 Å². The molecule has 5 heteroatoms. The Bertz CT molecular complexity index is 565. The van der Waals surface area contributed by atoms with Crippen LogP contribution in [0.15, 0.2) is 43.4 Å². The van der Waals surface area contributed by atoms with E-state index >= 15 is 0 Å². The van der Waals surface area contributed by atoms with Gasteiger partial charge in [-0.15, -0.1) is 6.58 Å². The van der Waals surface area contributed by atoms with Crippen LogP contribution in [0.2, 0.25) is 0 Å². The summed E-state index contributed by atoms with van der Waals surface area (Å²) in [7, 11) is 0. The molecule has 0 aliphatic heterocycles. The second-order valence-electron chi connectivity index (χ2n) is 5.00. The monoisotopic (exact) mass is 286 g/mol. The van der Waals surface area contributed by atoms with Crippen molar-refractivity contribution < 1.29 is 4.74 Å². The molecule has 112 valence electrons. The number of hydrogen-bond acceptors (Lipinski definition) is 4. The molecule has 0 radical (unpaired) electrons. The van der Waals surface area contributed by atoms with Crippen LogP contribution in [0.25, 0.3) is 0 Å². The first-order valence-corrected chi connectivity index (χ1v) is 7.10. The third kappa shape index (κ3) is 4.72. The standard InChI is InChI=1S/C16H22N4O/c1-4-8-20-12-15(14(3)19-20)10-18-9-13(2)21-16-6-5-7-17-11-16/h4-7,11-13,18H,1,8-10H2,2-3H3/t13-/m0/s1. The molecule has 2 heterocycles. The molecule has 0 fully saturated rings. The maximum atomic E-state index is 5.77. The number of ether oxygens (including phenoxy) is 1. The largest absolute Gasteiger partial charge is 0.488 e. The van der Waals surface area contributed by atoms with E-state index in [1.54, 1.807) is 12.4 Å². The Morgan fingerprint density at radius 3 is 3.10 bits per heavy atom. The molecular formula is C16H22N4O. The Morgan fingerprint density at radius 2 is 2.38 bits per heavy atom. The Labute approximate surface area is 125 Å². The molecule has 1 atom stereocenters. The summed E-state index contributed by atoms with van der Waals surface area (Å²) in [4.78, 5) is 4.03. The van der Waals surface area contributed by atoms with Crippen molar-refractivity contribution in [3.8, 4) is 5.75 Å². The van der Waals surface area contributed by atoms with Crippen molar-refractivity contribution in [2.45, 2.75) is 33.0 Å². The number of pyridine rings is 1. The van der Waals surface area contributed by atoms with E-state index in [-0.39, 0.29) is 6.10 Å². The zero-order valence-electron chi connectivity index (χ0n) is 12.6. The zero-order valence-corrected chi connectivity index (χ0v) is 12.6. The van der Waals surface area contributed by atoms with Crippen LogP contribution in [-0.4, -0.2) is 27.4 Å². The molecule has 0 bridgehead atoms.